The van der Waals surface area contributed by atoms with Crippen LogP contribution in [0, 0.1) is 5.82 Å². The van der Waals surface area contributed by atoms with Gasteiger partial charge in [0.25, 0.3) is 0 Å². The molecule has 1 atom stereocenters. The van der Waals surface area contributed by atoms with Crippen LogP contribution in [-0.2, 0) is 14.8 Å². The molecule has 1 N–H and O–H groups in total. The SMILES string of the molecule is O=C(Nc1ccc(Cl)cc1F)C1CCCCN1S(=O)(=O)c1ccccc1. The fourth-order valence-corrected chi connectivity index (χ4v) is 4.83. The molecule has 0 saturated carbocycles. The van der Waals surface area contributed by atoms with Gasteiger partial charge in [0, 0.05) is 11.6 Å². The maximum atomic E-state index is 13.9. The number of amides is 1. The fraction of sp³-hybridized carbons (Fsp3) is 0.278. The maximum absolute atomic E-state index is 13.9. The van der Waals surface area contributed by atoms with Crippen molar-refractivity contribution < 1.29 is 17.6 Å². The van der Waals surface area contributed by atoms with Gasteiger partial charge in [0.2, 0.25) is 15.9 Å². The number of nitrogens with one attached hydrogen (secondary N) is 1. The van der Waals surface area contributed by atoms with Crippen LogP contribution in [0.15, 0.2) is 53.4 Å². The smallest absolute Gasteiger partial charge is 0.243 e. The van der Waals surface area contributed by atoms with Gasteiger partial charge in [-0.3, -0.25) is 4.79 Å². The van der Waals surface area contributed by atoms with E-state index in [4.69, 9.17) is 11.6 Å². The standard InChI is InChI=1S/C18H18ClFN2O3S/c19-13-9-10-16(15(20)12-13)21-18(23)17-8-4-5-11-22(17)26(24,25)14-6-2-1-3-7-14/h1-3,6-7,9-10,12,17H,4-5,8,11H2,(H,21,23). The first-order valence-corrected chi connectivity index (χ1v) is 10.0. The number of hydrogen-bond donors (Lipinski definition) is 1. The third kappa shape index (κ3) is 3.90. The molecule has 1 heterocycles. The zero-order valence-electron chi connectivity index (χ0n) is 13.9. The number of rotatable bonds is 4. The Kier molecular flexibility index (Phi) is 5.60. The minimum atomic E-state index is -3.81. The minimum Gasteiger partial charge on any atom is -0.322 e. The summed E-state index contributed by atoms with van der Waals surface area (Å²) in [7, 11) is -3.81. The lowest BCUT2D eigenvalue weighted by Gasteiger charge is -2.33. The summed E-state index contributed by atoms with van der Waals surface area (Å²) in [6.07, 6.45) is 1.78. The van der Waals surface area contributed by atoms with Crippen LogP contribution in [0.5, 0.6) is 0 Å². The summed E-state index contributed by atoms with van der Waals surface area (Å²) in [5.41, 5.74) is -0.0259. The van der Waals surface area contributed by atoms with Gasteiger partial charge in [-0.15, -0.1) is 0 Å². The lowest BCUT2D eigenvalue weighted by atomic mass is 10.0. The number of hydrogen-bond acceptors (Lipinski definition) is 3. The second-order valence-electron chi connectivity index (χ2n) is 6.05. The summed E-state index contributed by atoms with van der Waals surface area (Å²) >= 11 is 5.71. The van der Waals surface area contributed by atoms with Crippen molar-refractivity contribution in [2.75, 3.05) is 11.9 Å². The van der Waals surface area contributed by atoms with Gasteiger partial charge in [-0.1, -0.05) is 36.2 Å². The second-order valence-corrected chi connectivity index (χ2v) is 8.38. The number of anilines is 1. The van der Waals surface area contributed by atoms with Crippen LogP contribution in [0.1, 0.15) is 19.3 Å². The molecule has 0 spiro atoms. The first kappa shape index (κ1) is 18.8. The van der Waals surface area contributed by atoms with Crippen molar-refractivity contribution in [2.24, 2.45) is 0 Å². The van der Waals surface area contributed by atoms with Crippen LogP contribution in [0.4, 0.5) is 10.1 Å². The van der Waals surface area contributed by atoms with E-state index in [-0.39, 0.29) is 22.2 Å². The number of piperidine rings is 1. The van der Waals surface area contributed by atoms with Gasteiger partial charge in [0.15, 0.2) is 0 Å². The molecule has 2 aromatic rings. The Morgan fingerprint density at radius 2 is 1.88 bits per heavy atom. The summed E-state index contributed by atoms with van der Waals surface area (Å²) in [6, 6.07) is 11.0. The highest BCUT2D eigenvalue weighted by molar-refractivity contribution is 7.89. The molecule has 1 saturated heterocycles. The van der Waals surface area contributed by atoms with Gasteiger partial charge >= 0.3 is 0 Å². The highest BCUT2D eigenvalue weighted by Crippen LogP contribution is 2.27. The molecule has 1 unspecified atom stereocenters. The molecule has 0 aromatic heterocycles. The predicted molar refractivity (Wildman–Crippen MR) is 98.0 cm³/mol. The minimum absolute atomic E-state index is 0.0259. The van der Waals surface area contributed by atoms with Crippen molar-refractivity contribution in [1.82, 2.24) is 4.31 Å². The third-order valence-corrected chi connectivity index (χ3v) is 6.45. The van der Waals surface area contributed by atoms with Gasteiger partial charge in [-0.2, -0.15) is 4.31 Å². The van der Waals surface area contributed by atoms with Gasteiger partial charge in [-0.05, 0) is 43.2 Å². The quantitative estimate of drug-likeness (QED) is 0.857. The molecule has 8 heteroatoms. The zero-order valence-corrected chi connectivity index (χ0v) is 15.4. The van der Waals surface area contributed by atoms with Crippen LogP contribution in [0.3, 0.4) is 0 Å². The van der Waals surface area contributed by atoms with E-state index >= 15 is 0 Å². The van der Waals surface area contributed by atoms with Gasteiger partial charge < -0.3 is 5.32 Å². The predicted octanol–water partition coefficient (Wildman–Crippen LogP) is 3.66. The molecule has 1 fully saturated rings. The van der Waals surface area contributed by atoms with Crippen LogP contribution in [-0.4, -0.2) is 31.2 Å². The molecule has 1 aliphatic heterocycles. The second kappa shape index (κ2) is 7.73. The summed E-state index contributed by atoms with van der Waals surface area (Å²) in [4.78, 5) is 12.8. The number of sulfonamides is 1. The molecule has 138 valence electrons. The van der Waals surface area contributed by atoms with Crippen LogP contribution in [0.2, 0.25) is 5.02 Å². The molecule has 0 aliphatic carbocycles. The van der Waals surface area contributed by atoms with E-state index in [2.05, 4.69) is 5.32 Å². The largest absolute Gasteiger partial charge is 0.322 e. The van der Waals surface area contributed by atoms with Crippen LogP contribution >= 0.6 is 11.6 Å². The normalized spacial score (nSPS) is 18.5. The molecule has 0 radical (unpaired) electrons. The Morgan fingerprint density at radius 3 is 2.58 bits per heavy atom. The van der Waals surface area contributed by atoms with Gasteiger partial charge in [0.1, 0.15) is 11.9 Å². The van der Waals surface area contributed by atoms with Crippen molar-refractivity contribution in [3.05, 3.63) is 59.4 Å². The summed E-state index contributed by atoms with van der Waals surface area (Å²) in [6.45, 7) is 0.248. The first-order valence-electron chi connectivity index (χ1n) is 8.22. The van der Waals surface area contributed by atoms with Crippen LogP contribution in [0.25, 0.3) is 0 Å². The first-order chi connectivity index (χ1) is 12.4. The van der Waals surface area contributed by atoms with E-state index < -0.39 is 27.8 Å². The highest BCUT2D eigenvalue weighted by atomic mass is 35.5. The lowest BCUT2D eigenvalue weighted by Crippen LogP contribution is -2.49. The summed E-state index contributed by atoms with van der Waals surface area (Å²) < 4.78 is 41.0. The molecular formula is C18H18ClFN2O3S. The van der Waals surface area contributed by atoms with Gasteiger partial charge in [-0.25, -0.2) is 12.8 Å². The number of carbonyl (C=O) groups is 1. The Bertz CT molecular complexity index is 906. The Morgan fingerprint density at radius 1 is 1.15 bits per heavy atom. The van der Waals surface area contributed by atoms with E-state index in [0.717, 1.165) is 12.5 Å². The Labute approximate surface area is 156 Å². The van der Waals surface area contributed by atoms with E-state index in [1.54, 1.807) is 18.2 Å². The zero-order chi connectivity index (χ0) is 18.7. The highest BCUT2D eigenvalue weighted by Gasteiger charge is 2.37. The summed E-state index contributed by atoms with van der Waals surface area (Å²) in [5.74, 6) is -1.22. The molecule has 5 nitrogen and oxygen atoms in total. The lowest BCUT2D eigenvalue weighted by molar-refractivity contribution is -0.120. The topological polar surface area (TPSA) is 66.5 Å². The van der Waals surface area contributed by atoms with Crippen molar-refractivity contribution in [3.8, 4) is 0 Å². The van der Waals surface area contributed by atoms with E-state index in [0.29, 0.717) is 12.8 Å². The average Bonchev–Trinajstić information content (AvgIpc) is 2.64. The molecule has 26 heavy (non-hydrogen) atoms. The Balaban J connectivity index is 1.86. The van der Waals surface area contributed by atoms with Crippen molar-refractivity contribution in [1.29, 1.82) is 0 Å². The van der Waals surface area contributed by atoms with Crippen molar-refractivity contribution in [2.45, 2.75) is 30.2 Å². The fourth-order valence-electron chi connectivity index (χ4n) is 2.99. The van der Waals surface area contributed by atoms with E-state index in [1.807, 2.05) is 0 Å². The molecule has 0 bridgehead atoms. The van der Waals surface area contributed by atoms with Crippen LogP contribution < -0.4 is 5.32 Å². The molecule has 2 aromatic carbocycles. The van der Waals surface area contributed by atoms with E-state index in [1.165, 1.54) is 28.6 Å². The van der Waals surface area contributed by atoms with Crippen molar-refractivity contribution in [3.63, 3.8) is 0 Å². The maximum Gasteiger partial charge on any atom is 0.243 e. The molecule has 3 rings (SSSR count). The molecule has 1 amide bonds. The molecule has 1 aliphatic rings. The van der Waals surface area contributed by atoms with Crippen molar-refractivity contribution >= 4 is 33.2 Å². The number of halogens is 2. The average molecular weight is 397 g/mol. The number of nitrogens with zero attached hydrogens (tertiary/aromatic N) is 1. The number of carbonyl (C=O) groups excluding carboxylic acids is 1. The molecular weight excluding hydrogens is 379 g/mol. The van der Waals surface area contributed by atoms with Gasteiger partial charge in [0.05, 0.1) is 10.6 Å². The number of benzene rings is 2. The Hall–Kier alpha value is -1.96. The summed E-state index contributed by atoms with van der Waals surface area (Å²) in [5, 5.41) is 2.70. The third-order valence-electron chi connectivity index (χ3n) is 4.30. The monoisotopic (exact) mass is 396 g/mol. The van der Waals surface area contributed by atoms with E-state index in [9.17, 15) is 17.6 Å².